The highest BCUT2D eigenvalue weighted by Crippen LogP contribution is 2.17. The summed E-state index contributed by atoms with van der Waals surface area (Å²) in [6.07, 6.45) is 1.77. The predicted octanol–water partition coefficient (Wildman–Crippen LogP) is 1.97. The zero-order valence-corrected chi connectivity index (χ0v) is 11.9. The number of aliphatic imine (C=N–C) groups is 1. The molecule has 1 fully saturated rings. The van der Waals surface area contributed by atoms with E-state index in [-0.39, 0.29) is 11.5 Å². The molecule has 1 aliphatic rings. The Kier molecular flexibility index (Phi) is 4.49. The van der Waals surface area contributed by atoms with Gasteiger partial charge in [0.25, 0.3) is 5.91 Å². The predicted molar refractivity (Wildman–Crippen MR) is 77.3 cm³/mol. The van der Waals surface area contributed by atoms with Crippen LogP contribution >= 0.6 is 0 Å². The number of rotatable bonds is 2. The minimum absolute atomic E-state index is 0.0218. The molecular weight excluding hydrogens is 257 g/mol. The van der Waals surface area contributed by atoms with Crippen LogP contribution in [0.25, 0.3) is 0 Å². The lowest BCUT2D eigenvalue weighted by Crippen LogP contribution is -2.36. The molecule has 1 heterocycles. The van der Waals surface area contributed by atoms with Gasteiger partial charge in [-0.3, -0.25) is 4.79 Å². The first-order chi connectivity index (χ1) is 9.47. The third kappa shape index (κ3) is 3.42. The maximum absolute atomic E-state index is 13.7. The first kappa shape index (κ1) is 14.7. The Morgan fingerprint density at radius 2 is 2.05 bits per heavy atom. The molecular formula is C15H20FN3O. The van der Waals surface area contributed by atoms with Crippen LogP contribution in [0.3, 0.4) is 0 Å². The molecule has 2 rings (SSSR count). The molecule has 1 aliphatic heterocycles. The fraction of sp³-hybridized carbons (Fsp3) is 0.467. The van der Waals surface area contributed by atoms with Crippen LogP contribution in [0.4, 0.5) is 4.39 Å². The molecule has 2 N–H and O–H groups in total. The van der Waals surface area contributed by atoms with Crippen molar-refractivity contribution >= 4 is 11.7 Å². The number of likely N-dealkylation sites (tertiary alicyclic amines) is 1. The van der Waals surface area contributed by atoms with Crippen molar-refractivity contribution in [2.75, 3.05) is 20.1 Å². The van der Waals surface area contributed by atoms with Gasteiger partial charge < -0.3 is 10.6 Å². The minimum Gasteiger partial charge on any atom is -0.387 e. The van der Waals surface area contributed by atoms with Gasteiger partial charge in [0.15, 0.2) is 0 Å². The van der Waals surface area contributed by atoms with Crippen molar-refractivity contribution in [3.63, 3.8) is 0 Å². The number of aryl methyl sites for hydroxylation is 1. The molecule has 0 radical (unpaired) electrons. The first-order valence-electron chi connectivity index (χ1n) is 6.80. The molecule has 1 aromatic rings. The van der Waals surface area contributed by atoms with E-state index in [9.17, 15) is 9.18 Å². The molecule has 4 nitrogen and oxygen atoms in total. The summed E-state index contributed by atoms with van der Waals surface area (Å²) in [5.74, 6) is -0.708. The van der Waals surface area contributed by atoms with Crippen LogP contribution in [-0.4, -0.2) is 36.8 Å². The van der Waals surface area contributed by atoms with Gasteiger partial charge in [-0.15, -0.1) is 0 Å². The summed E-state index contributed by atoms with van der Waals surface area (Å²) in [4.78, 5) is 18.1. The number of piperidine rings is 1. The molecule has 0 bridgehead atoms. The van der Waals surface area contributed by atoms with Crippen molar-refractivity contribution in [2.24, 2.45) is 16.6 Å². The third-order valence-corrected chi connectivity index (χ3v) is 3.72. The monoisotopic (exact) mass is 277 g/mol. The van der Waals surface area contributed by atoms with E-state index in [1.807, 2.05) is 0 Å². The molecule has 0 saturated carbocycles. The summed E-state index contributed by atoms with van der Waals surface area (Å²) < 4.78 is 13.7. The molecule has 0 atom stereocenters. The highest BCUT2D eigenvalue weighted by atomic mass is 19.1. The summed E-state index contributed by atoms with van der Waals surface area (Å²) in [6.45, 7) is 3.65. The van der Waals surface area contributed by atoms with E-state index in [2.05, 4.69) is 16.9 Å². The van der Waals surface area contributed by atoms with E-state index in [1.54, 1.807) is 13.0 Å². The lowest BCUT2D eigenvalue weighted by molar-refractivity contribution is 0.0998. The number of carbonyl (C=O) groups is 1. The number of nitrogens with zero attached hydrogens (tertiary/aromatic N) is 2. The van der Waals surface area contributed by atoms with Gasteiger partial charge in [0.05, 0.1) is 5.56 Å². The molecule has 0 aliphatic carbocycles. The standard InChI is InChI=1S/C15H20FN3O/c1-10-3-4-12(13(16)9-10)15(20)18-14(17)11-5-7-19(2)8-6-11/h3-4,9,11H,5-8H2,1-2H3,(H2,17,18,20). The van der Waals surface area contributed by atoms with E-state index in [0.717, 1.165) is 31.5 Å². The van der Waals surface area contributed by atoms with Gasteiger partial charge in [-0.1, -0.05) is 6.07 Å². The second kappa shape index (κ2) is 6.13. The smallest absolute Gasteiger partial charge is 0.281 e. The maximum Gasteiger partial charge on any atom is 0.281 e. The Bertz CT molecular complexity index is 534. The van der Waals surface area contributed by atoms with Crippen molar-refractivity contribution in [1.29, 1.82) is 0 Å². The number of benzene rings is 1. The topological polar surface area (TPSA) is 58.7 Å². The van der Waals surface area contributed by atoms with E-state index in [1.165, 1.54) is 12.1 Å². The van der Waals surface area contributed by atoms with E-state index in [0.29, 0.717) is 5.84 Å². The number of amidine groups is 1. The average Bonchev–Trinajstić information content (AvgIpc) is 2.39. The summed E-state index contributed by atoms with van der Waals surface area (Å²) in [7, 11) is 2.05. The van der Waals surface area contributed by atoms with Crippen LogP contribution in [0, 0.1) is 18.7 Å². The van der Waals surface area contributed by atoms with Crippen molar-refractivity contribution in [2.45, 2.75) is 19.8 Å². The number of hydrogen-bond donors (Lipinski definition) is 1. The van der Waals surface area contributed by atoms with E-state index >= 15 is 0 Å². The third-order valence-electron chi connectivity index (χ3n) is 3.72. The Labute approximate surface area is 118 Å². The molecule has 1 amide bonds. The zero-order chi connectivity index (χ0) is 14.7. The van der Waals surface area contributed by atoms with Gasteiger partial charge >= 0.3 is 0 Å². The summed E-state index contributed by atoms with van der Waals surface area (Å²) in [6, 6.07) is 4.48. The largest absolute Gasteiger partial charge is 0.387 e. The normalized spacial score (nSPS) is 18.2. The highest BCUT2D eigenvalue weighted by Gasteiger charge is 2.21. The SMILES string of the molecule is Cc1ccc(C(=O)N=C(N)C2CCN(C)CC2)c(F)c1. The van der Waals surface area contributed by atoms with Gasteiger partial charge in [0.2, 0.25) is 0 Å². The highest BCUT2D eigenvalue weighted by molar-refractivity contribution is 6.03. The summed E-state index contributed by atoms with van der Waals surface area (Å²) in [5.41, 5.74) is 6.65. The molecule has 108 valence electrons. The van der Waals surface area contributed by atoms with Crippen LogP contribution in [0.2, 0.25) is 0 Å². The van der Waals surface area contributed by atoms with Gasteiger partial charge in [-0.05, 0) is 57.6 Å². The van der Waals surface area contributed by atoms with Crippen molar-refractivity contribution < 1.29 is 9.18 Å². The minimum atomic E-state index is -0.598. The van der Waals surface area contributed by atoms with Crippen LogP contribution in [-0.2, 0) is 0 Å². The van der Waals surface area contributed by atoms with E-state index < -0.39 is 11.7 Å². The van der Waals surface area contributed by atoms with Crippen LogP contribution < -0.4 is 5.73 Å². The summed E-state index contributed by atoms with van der Waals surface area (Å²) in [5, 5.41) is 0. The van der Waals surface area contributed by atoms with Gasteiger partial charge in [0.1, 0.15) is 11.7 Å². The Balaban J connectivity index is 2.11. The lowest BCUT2D eigenvalue weighted by Gasteiger charge is -2.28. The fourth-order valence-electron chi connectivity index (χ4n) is 2.37. The molecule has 1 saturated heterocycles. The number of carbonyl (C=O) groups excluding carboxylic acids is 1. The molecule has 5 heteroatoms. The van der Waals surface area contributed by atoms with Crippen molar-refractivity contribution in [3.8, 4) is 0 Å². The fourth-order valence-corrected chi connectivity index (χ4v) is 2.37. The molecule has 1 aromatic carbocycles. The van der Waals surface area contributed by atoms with Gasteiger partial charge in [-0.25, -0.2) is 4.39 Å². The van der Waals surface area contributed by atoms with Crippen LogP contribution in [0.1, 0.15) is 28.8 Å². The Hall–Kier alpha value is -1.75. The van der Waals surface area contributed by atoms with Crippen molar-refractivity contribution in [1.82, 2.24) is 4.90 Å². The summed E-state index contributed by atoms with van der Waals surface area (Å²) >= 11 is 0. The van der Waals surface area contributed by atoms with Crippen LogP contribution in [0.5, 0.6) is 0 Å². The maximum atomic E-state index is 13.7. The molecule has 0 spiro atoms. The van der Waals surface area contributed by atoms with Gasteiger partial charge in [0, 0.05) is 5.92 Å². The molecule has 20 heavy (non-hydrogen) atoms. The second-order valence-corrected chi connectivity index (χ2v) is 5.40. The molecule has 0 aromatic heterocycles. The second-order valence-electron chi connectivity index (χ2n) is 5.40. The lowest BCUT2D eigenvalue weighted by atomic mass is 9.96. The number of amides is 1. The first-order valence-corrected chi connectivity index (χ1v) is 6.80. The number of nitrogens with two attached hydrogens (primary N) is 1. The van der Waals surface area contributed by atoms with Crippen LogP contribution in [0.15, 0.2) is 23.2 Å². The number of hydrogen-bond acceptors (Lipinski definition) is 2. The number of halogens is 1. The quantitative estimate of drug-likeness (QED) is 0.664. The van der Waals surface area contributed by atoms with Gasteiger partial charge in [-0.2, -0.15) is 4.99 Å². The average molecular weight is 277 g/mol. The zero-order valence-electron chi connectivity index (χ0n) is 11.9. The Morgan fingerprint density at radius 1 is 1.40 bits per heavy atom. The molecule has 0 unspecified atom stereocenters. The van der Waals surface area contributed by atoms with E-state index in [4.69, 9.17) is 5.73 Å². The Morgan fingerprint density at radius 3 is 2.65 bits per heavy atom. The van der Waals surface area contributed by atoms with Crippen molar-refractivity contribution in [3.05, 3.63) is 35.1 Å².